The van der Waals surface area contributed by atoms with E-state index >= 15 is 0 Å². The first-order chi connectivity index (χ1) is 6.74. The standard InChI is InChI=1S/C11H11NO2/c1-2-3-7-6-12-11(14)8-4-5-9(13)10(7)8/h3,6,8,10H,1,4-5H2,(H,12,14). The zero-order valence-electron chi connectivity index (χ0n) is 7.75. The molecule has 0 radical (unpaired) electrons. The number of carbonyl (C=O) groups excluding carboxylic acids is 2. The molecule has 2 aliphatic rings. The first-order valence-corrected chi connectivity index (χ1v) is 4.63. The molecule has 0 spiro atoms. The van der Waals surface area contributed by atoms with E-state index in [1.54, 1.807) is 12.3 Å². The van der Waals surface area contributed by atoms with E-state index in [-0.39, 0.29) is 23.5 Å². The topological polar surface area (TPSA) is 46.2 Å². The first kappa shape index (κ1) is 8.97. The third-order valence-corrected chi connectivity index (χ3v) is 2.80. The molecule has 0 aromatic heterocycles. The van der Waals surface area contributed by atoms with Crippen LogP contribution in [0.1, 0.15) is 12.8 Å². The van der Waals surface area contributed by atoms with Gasteiger partial charge in [-0.3, -0.25) is 9.59 Å². The largest absolute Gasteiger partial charge is 0.332 e. The molecular formula is C11H11NO2. The van der Waals surface area contributed by atoms with E-state index in [4.69, 9.17) is 0 Å². The summed E-state index contributed by atoms with van der Waals surface area (Å²) in [4.78, 5) is 23.0. The fourth-order valence-electron chi connectivity index (χ4n) is 2.15. The van der Waals surface area contributed by atoms with Gasteiger partial charge in [-0.2, -0.15) is 0 Å². The van der Waals surface area contributed by atoms with Crippen molar-refractivity contribution in [2.45, 2.75) is 12.8 Å². The van der Waals surface area contributed by atoms with Crippen LogP contribution in [-0.4, -0.2) is 11.7 Å². The summed E-state index contributed by atoms with van der Waals surface area (Å²) in [5, 5.41) is 2.66. The SMILES string of the molecule is C=C=CC1=CNC(=O)C2CCC(=O)C12. The number of Topliss-reactive ketones (excluding diaryl/α,β-unsaturated/α-hetero) is 1. The van der Waals surface area contributed by atoms with Gasteiger partial charge in [0.05, 0.1) is 11.8 Å². The monoisotopic (exact) mass is 189 g/mol. The van der Waals surface area contributed by atoms with Crippen LogP contribution in [-0.2, 0) is 9.59 Å². The Morgan fingerprint density at radius 3 is 3.07 bits per heavy atom. The lowest BCUT2D eigenvalue weighted by Crippen LogP contribution is -2.36. The van der Waals surface area contributed by atoms with Crippen molar-refractivity contribution in [2.24, 2.45) is 11.8 Å². The minimum absolute atomic E-state index is 0.0398. The summed E-state index contributed by atoms with van der Waals surface area (Å²) in [5.41, 5.74) is 3.46. The number of allylic oxidation sites excluding steroid dienone is 2. The summed E-state index contributed by atoms with van der Waals surface area (Å²) in [6, 6.07) is 0. The lowest BCUT2D eigenvalue weighted by Gasteiger charge is -2.22. The van der Waals surface area contributed by atoms with Gasteiger partial charge in [-0.15, -0.1) is 5.73 Å². The molecule has 0 aromatic rings. The van der Waals surface area contributed by atoms with Crippen molar-refractivity contribution < 1.29 is 9.59 Å². The Hall–Kier alpha value is -1.60. The molecule has 1 fully saturated rings. The zero-order valence-corrected chi connectivity index (χ0v) is 7.75. The van der Waals surface area contributed by atoms with Crippen molar-refractivity contribution in [1.29, 1.82) is 0 Å². The van der Waals surface area contributed by atoms with E-state index in [9.17, 15) is 9.59 Å². The predicted octanol–water partition coefficient (Wildman–Crippen LogP) is 0.936. The van der Waals surface area contributed by atoms with Gasteiger partial charge in [0.2, 0.25) is 5.91 Å². The van der Waals surface area contributed by atoms with Crippen molar-refractivity contribution in [1.82, 2.24) is 5.32 Å². The van der Waals surface area contributed by atoms with Crippen LogP contribution in [0.4, 0.5) is 0 Å². The van der Waals surface area contributed by atoms with Crippen molar-refractivity contribution >= 4 is 11.7 Å². The van der Waals surface area contributed by atoms with Crippen LogP contribution in [0, 0.1) is 11.8 Å². The summed E-state index contributed by atoms with van der Waals surface area (Å²) in [7, 11) is 0. The fourth-order valence-corrected chi connectivity index (χ4v) is 2.15. The maximum absolute atomic E-state index is 11.6. The molecule has 2 rings (SSSR count). The van der Waals surface area contributed by atoms with Gasteiger partial charge in [-0.1, -0.05) is 6.58 Å². The van der Waals surface area contributed by atoms with E-state index in [1.807, 2.05) is 0 Å². The predicted molar refractivity (Wildman–Crippen MR) is 51.2 cm³/mol. The second kappa shape index (κ2) is 3.28. The molecule has 1 aliphatic heterocycles. The Balaban J connectivity index is 2.39. The Kier molecular flexibility index (Phi) is 2.10. The van der Waals surface area contributed by atoms with Crippen molar-refractivity contribution in [3.8, 4) is 0 Å². The average Bonchev–Trinajstić information content (AvgIpc) is 2.55. The van der Waals surface area contributed by atoms with Gasteiger partial charge >= 0.3 is 0 Å². The van der Waals surface area contributed by atoms with Crippen LogP contribution < -0.4 is 5.32 Å². The van der Waals surface area contributed by atoms with E-state index in [2.05, 4.69) is 17.6 Å². The minimum Gasteiger partial charge on any atom is -0.332 e. The molecule has 1 aliphatic carbocycles. The maximum atomic E-state index is 11.6. The Morgan fingerprint density at radius 2 is 2.36 bits per heavy atom. The number of rotatable bonds is 1. The third-order valence-electron chi connectivity index (χ3n) is 2.80. The molecule has 1 amide bonds. The first-order valence-electron chi connectivity index (χ1n) is 4.63. The van der Waals surface area contributed by atoms with Gasteiger partial charge in [-0.25, -0.2) is 0 Å². The Bertz CT molecular complexity index is 375. The summed E-state index contributed by atoms with van der Waals surface area (Å²) >= 11 is 0. The van der Waals surface area contributed by atoms with Crippen LogP contribution in [0.15, 0.2) is 30.2 Å². The maximum Gasteiger partial charge on any atom is 0.228 e. The summed E-state index contributed by atoms with van der Waals surface area (Å²) < 4.78 is 0. The minimum atomic E-state index is -0.252. The molecule has 0 bridgehead atoms. The van der Waals surface area contributed by atoms with Gasteiger partial charge in [0.25, 0.3) is 0 Å². The highest BCUT2D eigenvalue weighted by atomic mass is 16.2. The number of nitrogens with one attached hydrogen (secondary N) is 1. The molecule has 72 valence electrons. The highest BCUT2D eigenvalue weighted by molar-refractivity contribution is 5.96. The average molecular weight is 189 g/mol. The Morgan fingerprint density at radius 1 is 1.57 bits per heavy atom. The smallest absolute Gasteiger partial charge is 0.228 e. The number of fused-ring (bicyclic) bond motifs is 1. The van der Waals surface area contributed by atoms with E-state index in [1.165, 1.54) is 0 Å². The van der Waals surface area contributed by atoms with Crippen LogP contribution in [0.5, 0.6) is 0 Å². The Labute approximate surface area is 82.2 Å². The second-order valence-corrected chi connectivity index (χ2v) is 3.59. The molecule has 1 N–H and O–H groups in total. The lowest BCUT2D eigenvalue weighted by atomic mass is 9.85. The van der Waals surface area contributed by atoms with Crippen LogP contribution >= 0.6 is 0 Å². The van der Waals surface area contributed by atoms with Crippen molar-refractivity contribution in [3.05, 3.63) is 30.2 Å². The highest BCUT2D eigenvalue weighted by Gasteiger charge is 2.42. The van der Waals surface area contributed by atoms with Gasteiger partial charge in [0.1, 0.15) is 5.78 Å². The third kappa shape index (κ3) is 1.22. The second-order valence-electron chi connectivity index (χ2n) is 3.59. The molecular weight excluding hydrogens is 178 g/mol. The molecule has 0 saturated heterocycles. The molecule has 1 heterocycles. The molecule has 0 aromatic carbocycles. The molecule has 2 unspecified atom stereocenters. The summed E-state index contributed by atoms with van der Waals surface area (Å²) in [6.07, 6.45) is 4.42. The normalized spacial score (nSPS) is 30.1. The van der Waals surface area contributed by atoms with Gasteiger partial charge in [-0.05, 0) is 18.1 Å². The summed E-state index contributed by atoms with van der Waals surface area (Å²) in [6.45, 7) is 3.47. The van der Waals surface area contributed by atoms with Crippen molar-refractivity contribution in [2.75, 3.05) is 0 Å². The van der Waals surface area contributed by atoms with Crippen LogP contribution in [0.2, 0.25) is 0 Å². The molecule has 3 nitrogen and oxygen atoms in total. The lowest BCUT2D eigenvalue weighted by molar-refractivity contribution is -0.128. The summed E-state index contributed by atoms with van der Waals surface area (Å²) in [5.74, 6) is -0.310. The molecule has 1 saturated carbocycles. The highest BCUT2D eigenvalue weighted by Crippen LogP contribution is 2.36. The number of hydrogen-bond acceptors (Lipinski definition) is 2. The fraction of sp³-hybridized carbons (Fsp3) is 0.364. The molecule has 3 heteroatoms. The number of carbonyl (C=O) groups is 2. The number of ketones is 1. The van der Waals surface area contributed by atoms with E-state index in [0.717, 1.165) is 5.57 Å². The van der Waals surface area contributed by atoms with E-state index < -0.39 is 0 Å². The number of amides is 1. The van der Waals surface area contributed by atoms with Gasteiger partial charge < -0.3 is 5.32 Å². The van der Waals surface area contributed by atoms with Crippen molar-refractivity contribution in [3.63, 3.8) is 0 Å². The quantitative estimate of drug-likeness (QED) is 0.624. The number of hydrogen-bond donors (Lipinski definition) is 1. The van der Waals surface area contributed by atoms with Gasteiger partial charge in [0, 0.05) is 12.6 Å². The molecule has 2 atom stereocenters. The van der Waals surface area contributed by atoms with Crippen LogP contribution in [0.25, 0.3) is 0 Å². The van der Waals surface area contributed by atoms with Gasteiger partial charge in [0.15, 0.2) is 0 Å². The zero-order chi connectivity index (χ0) is 10.1. The van der Waals surface area contributed by atoms with E-state index in [0.29, 0.717) is 12.8 Å². The molecule has 14 heavy (non-hydrogen) atoms. The van der Waals surface area contributed by atoms with Crippen LogP contribution in [0.3, 0.4) is 0 Å².